The molecule has 0 saturated carbocycles. The van der Waals surface area contributed by atoms with Crippen LogP contribution in [0.25, 0.3) is 0 Å². The second-order valence-corrected chi connectivity index (χ2v) is 7.27. The Hall–Kier alpha value is -0.300. The van der Waals surface area contributed by atoms with E-state index < -0.39 is 0 Å². The van der Waals surface area contributed by atoms with Crippen molar-refractivity contribution in [2.45, 2.75) is 66.4 Å². The Morgan fingerprint density at radius 3 is 2.06 bits per heavy atom. The molecule has 1 fully saturated rings. The van der Waals surface area contributed by atoms with Crippen molar-refractivity contribution in [2.75, 3.05) is 6.61 Å². The molecule has 0 radical (unpaired) electrons. The van der Waals surface area contributed by atoms with Crippen LogP contribution < -0.4 is 0 Å². The van der Waals surface area contributed by atoms with Crippen molar-refractivity contribution in [3.63, 3.8) is 0 Å². The van der Waals surface area contributed by atoms with E-state index >= 15 is 0 Å². The van der Waals surface area contributed by atoms with E-state index in [1.807, 2.05) is 0 Å². The molecule has 0 aromatic carbocycles. The first-order valence-corrected chi connectivity index (χ1v) is 6.51. The van der Waals surface area contributed by atoms with E-state index in [1.54, 1.807) is 11.1 Å². The lowest BCUT2D eigenvalue weighted by Crippen LogP contribution is -2.23. The van der Waals surface area contributed by atoms with E-state index in [0.717, 1.165) is 6.61 Å². The fourth-order valence-electron chi connectivity index (χ4n) is 3.57. The predicted octanol–water partition coefficient (Wildman–Crippen LogP) is 4.33. The highest BCUT2D eigenvalue weighted by Crippen LogP contribution is 2.53. The van der Waals surface area contributed by atoms with E-state index in [0.29, 0.717) is 10.8 Å². The molecular weight excluding hydrogens is 196 g/mol. The lowest BCUT2D eigenvalue weighted by Gasteiger charge is -2.28. The van der Waals surface area contributed by atoms with Crippen molar-refractivity contribution in [3.05, 3.63) is 11.1 Å². The predicted molar refractivity (Wildman–Crippen MR) is 68.5 cm³/mol. The summed E-state index contributed by atoms with van der Waals surface area (Å²) in [5.74, 6) is 0. The van der Waals surface area contributed by atoms with E-state index in [9.17, 15) is 0 Å². The highest BCUT2D eigenvalue weighted by Gasteiger charge is 2.46. The summed E-state index contributed by atoms with van der Waals surface area (Å²) in [4.78, 5) is 0. The van der Waals surface area contributed by atoms with Gasteiger partial charge in [-0.05, 0) is 45.4 Å². The molecular formula is C15H26O. The first kappa shape index (κ1) is 12.2. The smallest absolute Gasteiger partial charge is 0.0636 e. The normalized spacial score (nSPS) is 37.1. The van der Waals surface area contributed by atoms with E-state index in [-0.39, 0.29) is 5.60 Å². The van der Waals surface area contributed by atoms with E-state index in [4.69, 9.17) is 4.74 Å². The molecule has 1 aliphatic carbocycles. The van der Waals surface area contributed by atoms with Crippen LogP contribution in [0.15, 0.2) is 11.1 Å². The molecule has 1 heteroatoms. The monoisotopic (exact) mass is 222 g/mol. The highest BCUT2D eigenvalue weighted by molar-refractivity contribution is 5.31. The van der Waals surface area contributed by atoms with Gasteiger partial charge in [0.05, 0.1) is 12.2 Å². The number of hydrogen-bond acceptors (Lipinski definition) is 1. The fourth-order valence-corrected chi connectivity index (χ4v) is 3.57. The Morgan fingerprint density at radius 2 is 1.69 bits per heavy atom. The van der Waals surface area contributed by atoms with Gasteiger partial charge in [0.25, 0.3) is 0 Å². The maximum atomic E-state index is 5.95. The molecule has 1 heterocycles. The first-order valence-electron chi connectivity index (χ1n) is 6.51. The van der Waals surface area contributed by atoms with Gasteiger partial charge in [-0.1, -0.05) is 31.9 Å². The molecule has 16 heavy (non-hydrogen) atoms. The average Bonchev–Trinajstić information content (AvgIpc) is 2.54. The van der Waals surface area contributed by atoms with Crippen LogP contribution in [0.1, 0.15) is 60.8 Å². The summed E-state index contributed by atoms with van der Waals surface area (Å²) in [5.41, 5.74) is 4.07. The topological polar surface area (TPSA) is 9.23 Å². The van der Waals surface area contributed by atoms with Gasteiger partial charge in [-0.15, -0.1) is 0 Å². The molecule has 1 nitrogen and oxygen atoms in total. The largest absolute Gasteiger partial charge is 0.375 e. The lowest BCUT2D eigenvalue weighted by molar-refractivity contribution is 0.0332. The van der Waals surface area contributed by atoms with E-state index in [1.165, 1.54) is 19.3 Å². The van der Waals surface area contributed by atoms with Crippen molar-refractivity contribution in [1.82, 2.24) is 0 Å². The van der Waals surface area contributed by atoms with Gasteiger partial charge < -0.3 is 4.74 Å². The standard InChI is InChI=1S/C15H26O/c1-11-12(7-8-13(11,2)3)15(6)9-14(4,5)16-10-15/h7-10H2,1-6H3. The Bertz CT molecular complexity index is 335. The zero-order chi connectivity index (χ0) is 12.2. The van der Waals surface area contributed by atoms with Crippen LogP contribution in [0.2, 0.25) is 0 Å². The molecule has 0 aromatic rings. The Kier molecular flexibility index (Phi) is 2.55. The first-order chi connectivity index (χ1) is 7.16. The summed E-state index contributed by atoms with van der Waals surface area (Å²) >= 11 is 0. The molecule has 0 spiro atoms. The van der Waals surface area contributed by atoms with Gasteiger partial charge >= 0.3 is 0 Å². The van der Waals surface area contributed by atoms with Crippen LogP contribution in [0.4, 0.5) is 0 Å². The molecule has 0 N–H and O–H groups in total. The summed E-state index contributed by atoms with van der Waals surface area (Å²) in [7, 11) is 0. The molecule has 0 aromatic heterocycles. The summed E-state index contributed by atoms with van der Waals surface area (Å²) in [5, 5.41) is 0. The van der Waals surface area contributed by atoms with Crippen molar-refractivity contribution < 1.29 is 4.74 Å². The number of hydrogen-bond donors (Lipinski definition) is 0. The molecule has 2 aliphatic rings. The van der Waals surface area contributed by atoms with Gasteiger partial charge in [0.15, 0.2) is 0 Å². The average molecular weight is 222 g/mol. The molecule has 0 amide bonds. The third-order valence-electron chi connectivity index (χ3n) is 4.79. The zero-order valence-corrected chi connectivity index (χ0v) is 11.7. The summed E-state index contributed by atoms with van der Waals surface area (Å²) in [6.07, 6.45) is 3.75. The van der Waals surface area contributed by atoms with Crippen LogP contribution >= 0.6 is 0 Å². The second kappa shape index (κ2) is 3.35. The van der Waals surface area contributed by atoms with Gasteiger partial charge in [-0.3, -0.25) is 0 Å². The van der Waals surface area contributed by atoms with Gasteiger partial charge in [0.2, 0.25) is 0 Å². The van der Waals surface area contributed by atoms with Gasteiger partial charge in [-0.25, -0.2) is 0 Å². The van der Waals surface area contributed by atoms with Crippen LogP contribution in [0, 0.1) is 10.8 Å². The Balaban J connectivity index is 2.30. The van der Waals surface area contributed by atoms with E-state index in [2.05, 4.69) is 41.5 Å². The SMILES string of the molecule is CC1=C(C2(C)COC(C)(C)C2)CCC1(C)C. The summed E-state index contributed by atoms with van der Waals surface area (Å²) in [6.45, 7) is 14.8. The maximum absolute atomic E-state index is 5.95. The van der Waals surface area contributed by atoms with Gasteiger partial charge in [0.1, 0.15) is 0 Å². The van der Waals surface area contributed by atoms with Crippen molar-refractivity contribution >= 4 is 0 Å². The molecule has 1 unspecified atom stereocenters. The molecule has 1 saturated heterocycles. The van der Waals surface area contributed by atoms with Crippen LogP contribution in [-0.4, -0.2) is 12.2 Å². The van der Waals surface area contributed by atoms with Gasteiger partial charge in [0, 0.05) is 5.41 Å². The molecule has 2 rings (SSSR count). The van der Waals surface area contributed by atoms with Crippen LogP contribution in [-0.2, 0) is 4.74 Å². The van der Waals surface area contributed by atoms with Crippen molar-refractivity contribution in [3.8, 4) is 0 Å². The number of ether oxygens (including phenoxy) is 1. The van der Waals surface area contributed by atoms with Crippen molar-refractivity contribution in [2.24, 2.45) is 10.8 Å². The lowest BCUT2D eigenvalue weighted by atomic mass is 9.75. The van der Waals surface area contributed by atoms with Gasteiger partial charge in [-0.2, -0.15) is 0 Å². The molecule has 1 atom stereocenters. The summed E-state index contributed by atoms with van der Waals surface area (Å²) in [6, 6.07) is 0. The fraction of sp³-hybridized carbons (Fsp3) is 0.867. The highest BCUT2D eigenvalue weighted by atomic mass is 16.5. The number of rotatable bonds is 1. The third kappa shape index (κ3) is 1.84. The zero-order valence-electron chi connectivity index (χ0n) is 11.7. The quantitative estimate of drug-likeness (QED) is 0.600. The van der Waals surface area contributed by atoms with Crippen LogP contribution in [0.3, 0.4) is 0 Å². The molecule has 92 valence electrons. The second-order valence-electron chi connectivity index (χ2n) is 7.27. The molecule has 0 bridgehead atoms. The third-order valence-corrected chi connectivity index (χ3v) is 4.79. The Morgan fingerprint density at radius 1 is 1.06 bits per heavy atom. The van der Waals surface area contributed by atoms with Crippen LogP contribution in [0.5, 0.6) is 0 Å². The minimum atomic E-state index is 0.0642. The van der Waals surface area contributed by atoms with Crippen molar-refractivity contribution in [1.29, 1.82) is 0 Å². The molecule has 1 aliphatic heterocycles. The number of allylic oxidation sites excluding steroid dienone is 1. The Labute approximate surface area is 100 Å². The minimum Gasteiger partial charge on any atom is -0.375 e. The minimum absolute atomic E-state index is 0.0642. The maximum Gasteiger partial charge on any atom is 0.0636 e. The summed E-state index contributed by atoms with van der Waals surface area (Å²) < 4.78 is 5.95.